The summed E-state index contributed by atoms with van der Waals surface area (Å²) in [6.45, 7) is 1.79. The van der Waals surface area contributed by atoms with Gasteiger partial charge in [-0.05, 0) is 55.7 Å². The van der Waals surface area contributed by atoms with E-state index in [1.54, 1.807) is 43.3 Å². The number of aromatic nitrogens is 1. The molecule has 164 valence electrons. The molecule has 2 heterocycles. The van der Waals surface area contributed by atoms with Crippen LogP contribution in [0.15, 0.2) is 42.5 Å². The third kappa shape index (κ3) is 3.96. The molecule has 1 aliphatic heterocycles. The van der Waals surface area contributed by atoms with Gasteiger partial charge in [-0.25, -0.2) is 9.78 Å². The Bertz CT molecular complexity index is 1230. The van der Waals surface area contributed by atoms with E-state index in [1.807, 2.05) is 6.26 Å². The van der Waals surface area contributed by atoms with Crippen LogP contribution < -0.4 is 4.74 Å². The SMILES string of the molecule is CSCCC(C(=O)Oc1c(Cl)cc(Cl)c2ccc(C)nc12)N1C(=O)c2ccccc2C1=O. The molecule has 0 fully saturated rings. The van der Waals surface area contributed by atoms with Gasteiger partial charge in [0.25, 0.3) is 11.8 Å². The third-order valence-corrected chi connectivity index (χ3v) is 6.42. The number of hydrogen-bond donors (Lipinski definition) is 0. The first-order valence-electron chi connectivity index (χ1n) is 9.76. The second kappa shape index (κ2) is 9.10. The highest BCUT2D eigenvalue weighted by Gasteiger charge is 2.43. The maximum absolute atomic E-state index is 13.3. The predicted molar refractivity (Wildman–Crippen MR) is 126 cm³/mol. The van der Waals surface area contributed by atoms with Gasteiger partial charge in [0, 0.05) is 11.1 Å². The molecule has 1 unspecified atom stereocenters. The molecule has 2 amide bonds. The highest BCUT2D eigenvalue weighted by atomic mass is 35.5. The zero-order valence-electron chi connectivity index (χ0n) is 17.2. The van der Waals surface area contributed by atoms with Crippen molar-refractivity contribution in [3.63, 3.8) is 0 Å². The lowest BCUT2D eigenvalue weighted by Crippen LogP contribution is -2.47. The molecule has 6 nitrogen and oxygen atoms in total. The number of aryl methyl sites for hydroxylation is 1. The first kappa shape index (κ1) is 22.6. The maximum Gasteiger partial charge on any atom is 0.334 e. The Morgan fingerprint density at radius 2 is 1.75 bits per heavy atom. The van der Waals surface area contributed by atoms with Crippen molar-refractivity contribution in [2.45, 2.75) is 19.4 Å². The molecule has 0 aliphatic carbocycles. The highest BCUT2D eigenvalue weighted by Crippen LogP contribution is 2.38. The molecule has 0 saturated carbocycles. The van der Waals surface area contributed by atoms with Crippen molar-refractivity contribution < 1.29 is 19.1 Å². The molecule has 0 saturated heterocycles. The number of amides is 2. The molecule has 1 atom stereocenters. The number of nitrogens with zero attached hydrogens (tertiary/aromatic N) is 2. The van der Waals surface area contributed by atoms with E-state index in [0.717, 1.165) is 4.90 Å². The Kier molecular flexibility index (Phi) is 6.42. The molecular weight excluding hydrogens is 471 g/mol. The van der Waals surface area contributed by atoms with Crippen LogP contribution in [0.4, 0.5) is 0 Å². The fourth-order valence-electron chi connectivity index (χ4n) is 3.63. The van der Waals surface area contributed by atoms with Crippen LogP contribution in [0.25, 0.3) is 10.9 Å². The highest BCUT2D eigenvalue weighted by molar-refractivity contribution is 7.98. The minimum Gasteiger partial charge on any atom is -0.421 e. The number of carbonyl (C=O) groups is 3. The van der Waals surface area contributed by atoms with Crippen LogP contribution in [-0.4, -0.2) is 45.7 Å². The summed E-state index contributed by atoms with van der Waals surface area (Å²) in [4.78, 5) is 44.7. The number of benzene rings is 2. The smallest absolute Gasteiger partial charge is 0.334 e. The maximum atomic E-state index is 13.3. The van der Waals surface area contributed by atoms with Crippen molar-refractivity contribution in [1.29, 1.82) is 0 Å². The topological polar surface area (TPSA) is 76.6 Å². The normalized spacial score (nSPS) is 14.1. The second-order valence-electron chi connectivity index (χ2n) is 7.26. The summed E-state index contributed by atoms with van der Waals surface area (Å²) in [7, 11) is 0. The number of fused-ring (bicyclic) bond motifs is 2. The molecule has 0 N–H and O–H groups in total. The molecule has 3 aromatic rings. The van der Waals surface area contributed by atoms with Crippen molar-refractivity contribution in [2.24, 2.45) is 0 Å². The van der Waals surface area contributed by atoms with Gasteiger partial charge in [-0.3, -0.25) is 14.5 Å². The fraction of sp³-hybridized carbons (Fsp3) is 0.217. The molecular formula is C23H18Cl2N2O4S. The van der Waals surface area contributed by atoms with Crippen LogP contribution in [-0.2, 0) is 4.79 Å². The van der Waals surface area contributed by atoms with Gasteiger partial charge in [0.1, 0.15) is 11.6 Å². The minimum absolute atomic E-state index is 0.0468. The summed E-state index contributed by atoms with van der Waals surface area (Å²) in [5.41, 5.74) is 1.56. The molecule has 32 heavy (non-hydrogen) atoms. The van der Waals surface area contributed by atoms with Gasteiger partial charge in [0.2, 0.25) is 0 Å². The van der Waals surface area contributed by atoms with Crippen LogP contribution in [0.5, 0.6) is 5.75 Å². The molecule has 2 aromatic carbocycles. The Balaban J connectivity index is 1.73. The van der Waals surface area contributed by atoms with E-state index in [-0.39, 0.29) is 28.3 Å². The zero-order chi connectivity index (χ0) is 23.0. The van der Waals surface area contributed by atoms with Crippen LogP contribution in [0.1, 0.15) is 32.8 Å². The Labute approximate surface area is 198 Å². The number of imide groups is 1. The van der Waals surface area contributed by atoms with Gasteiger partial charge in [0.05, 0.1) is 21.2 Å². The number of rotatable bonds is 6. The number of ether oxygens (including phenoxy) is 1. The average Bonchev–Trinajstić information content (AvgIpc) is 3.02. The predicted octanol–water partition coefficient (Wildman–Crippen LogP) is 5.17. The number of hydrogen-bond acceptors (Lipinski definition) is 6. The quantitative estimate of drug-likeness (QED) is 0.270. The zero-order valence-corrected chi connectivity index (χ0v) is 19.6. The lowest BCUT2D eigenvalue weighted by atomic mass is 10.1. The molecule has 9 heteroatoms. The van der Waals surface area contributed by atoms with Gasteiger partial charge in [-0.2, -0.15) is 11.8 Å². The Hall–Kier alpha value is -2.61. The average molecular weight is 489 g/mol. The molecule has 0 radical (unpaired) electrons. The number of thioether (sulfide) groups is 1. The number of esters is 1. The monoisotopic (exact) mass is 488 g/mol. The van der Waals surface area contributed by atoms with E-state index in [4.69, 9.17) is 27.9 Å². The van der Waals surface area contributed by atoms with Gasteiger partial charge < -0.3 is 4.74 Å². The number of carbonyl (C=O) groups excluding carboxylic acids is 3. The van der Waals surface area contributed by atoms with Gasteiger partial charge in [-0.15, -0.1) is 0 Å². The lowest BCUT2D eigenvalue weighted by Gasteiger charge is -2.24. The van der Waals surface area contributed by atoms with Crippen molar-refractivity contribution in [3.8, 4) is 5.75 Å². The Morgan fingerprint density at radius 1 is 1.09 bits per heavy atom. The largest absolute Gasteiger partial charge is 0.421 e. The van der Waals surface area contributed by atoms with Crippen LogP contribution in [0.2, 0.25) is 10.0 Å². The number of halogens is 2. The van der Waals surface area contributed by atoms with Crippen molar-refractivity contribution >= 4 is 63.7 Å². The fourth-order valence-corrected chi connectivity index (χ4v) is 4.64. The van der Waals surface area contributed by atoms with Crippen LogP contribution in [0, 0.1) is 6.92 Å². The summed E-state index contributed by atoms with van der Waals surface area (Å²) in [6.07, 6.45) is 2.11. The van der Waals surface area contributed by atoms with Crippen molar-refractivity contribution in [2.75, 3.05) is 12.0 Å². The lowest BCUT2D eigenvalue weighted by molar-refractivity contribution is -0.138. The van der Waals surface area contributed by atoms with Crippen molar-refractivity contribution in [3.05, 3.63) is 69.3 Å². The van der Waals surface area contributed by atoms with Gasteiger partial charge >= 0.3 is 5.97 Å². The third-order valence-electron chi connectivity index (χ3n) is 5.18. The molecule has 1 aromatic heterocycles. The van der Waals surface area contributed by atoms with E-state index in [2.05, 4.69) is 4.98 Å². The summed E-state index contributed by atoms with van der Waals surface area (Å²) >= 11 is 14.1. The summed E-state index contributed by atoms with van der Waals surface area (Å²) < 4.78 is 5.69. The molecule has 4 rings (SSSR count). The van der Waals surface area contributed by atoms with Crippen LogP contribution >= 0.6 is 35.0 Å². The molecule has 0 bridgehead atoms. The second-order valence-corrected chi connectivity index (χ2v) is 9.06. The van der Waals surface area contributed by atoms with E-state index in [9.17, 15) is 14.4 Å². The minimum atomic E-state index is -1.11. The van der Waals surface area contributed by atoms with Crippen molar-refractivity contribution in [1.82, 2.24) is 9.88 Å². The first-order valence-corrected chi connectivity index (χ1v) is 11.9. The number of pyridine rings is 1. The molecule has 0 spiro atoms. The van der Waals surface area contributed by atoms with Crippen LogP contribution in [0.3, 0.4) is 0 Å². The van der Waals surface area contributed by atoms with E-state index in [0.29, 0.717) is 27.4 Å². The first-order chi connectivity index (χ1) is 15.3. The summed E-state index contributed by atoms with van der Waals surface area (Å²) in [5, 5.41) is 1.06. The summed E-state index contributed by atoms with van der Waals surface area (Å²) in [5.74, 6) is -1.21. The summed E-state index contributed by atoms with van der Waals surface area (Å²) in [6, 6.07) is 10.4. The Morgan fingerprint density at radius 3 is 2.38 bits per heavy atom. The standard InChI is InChI=1S/C23H18Cl2N2O4S/c1-12-7-8-15-16(24)11-17(25)20(19(15)26-12)31-23(30)18(9-10-32-2)27-21(28)13-5-3-4-6-14(13)22(27)29/h3-8,11,18H,9-10H2,1-2H3. The van der Waals surface area contributed by atoms with Gasteiger partial charge in [0.15, 0.2) is 5.75 Å². The molecule has 1 aliphatic rings. The van der Waals surface area contributed by atoms with E-state index in [1.165, 1.54) is 17.8 Å². The van der Waals surface area contributed by atoms with E-state index < -0.39 is 23.8 Å². The van der Waals surface area contributed by atoms with Gasteiger partial charge in [-0.1, -0.05) is 35.3 Å². The van der Waals surface area contributed by atoms with E-state index >= 15 is 0 Å².